The zero-order valence-corrected chi connectivity index (χ0v) is 23.3. The van der Waals surface area contributed by atoms with Crippen LogP contribution in [0.25, 0.3) is 10.2 Å². The van der Waals surface area contributed by atoms with Crippen LogP contribution in [0.1, 0.15) is 18.5 Å². The molecular formula is C28H25N5O3S3. The normalized spacial score (nSPS) is 14.0. The summed E-state index contributed by atoms with van der Waals surface area (Å²) in [6, 6.07) is 15.7. The second-order valence-corrected chi connectivity index (χ2v) is 12.1. The predicted octanol–water partition coefficient (Wildman–Crippen LogP) is 7.77. The van der Waals surface area contributed by atoms with Crippen LogP contribution in [-0.4, -0.2) is 44.1 Å². The molecule has 1 aliphatic rings. The van der Waals surface area contributed by atoms with Crippen LogP contribution in [0.4, 0.5) is 15.7 Å². The number of carboxylic acid groups (broad SMARTS) is 1. The Bertz CT molecular complexity index is 1580. The van der Waals surface area contributed by atoms with E-state index < -0.39 is 6.09 Å². The van der Waals surface area contributed by atoms with E-state index in [4.69, 9.17) is 14.7 Å². The number of likely N-dealkylation sites (tertiary alicyclic amines) is 1. The van der Waals surface area contributed by atoms with Gasteiger partial charge in [0.15, 0.2) is 16.7 Å². The highest BCUT2D eigenvalue weighted by atomic mass is 32.2. The molecule has 5 heterocycles. The Kier molecular flexibility index (Phi) is 7.62. The molecule has 5 aromatic rings. The number of amides is 1. The first-order valence-electron chi connectivity index (χ1n) is 12.5. The minimum Gasteiger partial charge on any atom is -0.465 e. The molecule has 1 fully saturated rings. The van der Waals surface area contributed by atoms with Gasteiger partial charge in [-0.15, -0.1) is 22.7 Å². The van der Waals surface area contributed by atoms with Crippen molar-refractivity contribution in [3.8, 4) is 11.5 Å². The maximum atomic E-state index is 11.2. The number of hydrogen-bond donors (Lipinski definition) is 2. The lowest BCUT2D eigenvalue weighted by molar-refractivity contribution is 0.124. The Morgan fingerprint density at radius 2 is 1.97 bits per heavy atom. The number of thiophene rings is 1. The van der Waals surface area contributed by atoms with Crippen molar-refractivity contribution in [2.45, 2.75) is 29.1 Å². The summed E-state index contributed by atoms with van der Waals surface area (Å²) in [6.45, 7) is 1.17. The zero-order valence-electron chi connectivity index (χ0n) is 20.8. The maximum Gasteiger partial charge on any atom is 0.407 e. The van der Waals surface area contributed by atoms with E-state index in [1.807, 2.05) is 60.9 Å². The molecule has 39 heavy (non-hydrogen) atoms. The van der Waals surface area contributed by atoms with Crippen molar-refractivity contribution in [3.63, 3.8) is 0 Å². The molecule has 0 aliphatic carbocycles. The standard InChI is InChI=1S/C28H25N5O3S3/c34-28(35)33-11-7-18(8-12-33)14-19-17-38-27(31-19)32-26-23(36-20-4-2-1-3-5-20)15-21(16-30-26)39-24-6-10-29-22-9-13-37-25(22)24/h1-6,9-10,13,15-18H,7-8,11-12,14H2,(H,34,35)(H,30,31,32). The van der Waals surface area contributed by atoms with Crippen LogP contribution in [0, 0.1) is 5.92 Å². The van der Waals surface area contributed by atoms with E-state index >= 15 is 0 Å². The molecule has 2 N–H and O–H groups in total. The highest BCUT2D eigenvalue weighted by molar-refractivity contribution is 7.99. The number of benzene rings is 1. The highest BCUT2D eigenvalue weighted by Crippen LogP contribution is 2.39. The van der Waals surface area contributed by atoms with Gasteiger partial charge in [0.1, 0.15) is 5.75 Å². The molecule has 8 nitrogen and oxygen atoms in total. The lowest BCUT2D eigenvalue weighted by atomic mass is 9.93. The number of rotatable bonds is 8. The van der Waals surface area contributed by atoms with Gasteiger partial charge >= 0.3 is 6.09 Å². The minimum absolute atomic E-state index is 0.435. The number of hydrogen-bond acceptors (Lipinski definition) is 9. The van der Waals surface area contributed by atoms with Crippen molar-refractivity contribution in [2.75, 3.05) is 18.4 Å². The monoisotopic (exact) mass is 575 g/mol. The summed E-state index contributed by atoms with van der Waals surface area (Å²) in [5.74, 6) is 2.36. The van der Waals surface area contributed by atoms with Crippen molar-refractivity contribution in [3.05, 3.63) is 77.4 Å². The minimum atomic E-state index is -0.834. The molecular weight excluding hydrogens is 551 g/mol. The number of thiazole rings is 1. The fraction of sp³-hybridized carbons (Fsp3) is 0.214. The highest BCUT2D eigenvalue weighted by Gasteiger charge is 2.23. The predicted molar refractivity (Wildman–Crippen MR) is 156 cm³/mol. The lowest BCUT2D eigenvalue weighted by Crippen LogP contribution is -2.37. The summed E-state index contributed by atoms with van der Waals surface area (Å²) in [6.07, 6.45) is 5.40. The number of nitrogens with zero attached hydrogens (tertiary/aromatic N) is 4. The number of nitrogens with one attached hydrogen (secondary N) is 1. The molecule has 0 spiro atoms. The van der Waals surface area contributed by atoms with Gasteiger partial charge in [0.25, 0.3) is 0 Å². The van der Waals surface area contributed by atoms with Crippen LogP contribution in [-0.2, 0) is 6.42 Å². The van der Waals surface area contributed by atoms with Crippen LogP contribution in [0.2, 0.25) is 0 Å². The molecule has 198 valence electrons. The van der Waals surface area contributed by atoms with Crippen molar-refractivity contribution in [2.24, 2.45) is 5.92 Å². The number of aromatic nitrogens is 3. The van der Waals surface area contributed by atoms with Crippen LogP contribution < -0.4 is 10.1 Å². The SMILES string of the molecule is O=C(O)N1CCC(Cc2csc(Nc3ncc(Sc4ccnc5ccsc45)cc3Oc3ccccc3)n2)CC1. The molecule has 0 radical (unpaired) electrons. The van der Waals surface area contributed by atoms with E-state index in [1.165, 1.54) is 16.2 Å². The van der Waals surface area contributed by atoms with Crippen LogP contribution >= 0.6 is 34.4 Å². The molecule has 0 unspecified atom stereocenters. The molecule has 6 rings (SSSR count). The smallest absolute Gasteiger partial charge is 0.407 e. The number of piperidine rings is 1. The fourth-order valence-corrected chi connectivity index (χ4v) is 7.11. The Morgan fingerprint density at radius 3 is 2.79 bits per heavy atom. The topological polar surface area (TPSA) is 100 Å². The van der Waals surface area contributed by atoms with E-state index in [2.05, 4.69) is 21.1 Å². The first-order valence-corrected chi connectivity index (χ1v) is 15.1. The number of anilines is 2. The Morgan fingerprint density at radius 1 is 1.13 bits per heavy atom. The second kappa shape index (κ2) is 11.6. The first-order chi connectivity index (χ1) is 19.1. The molecule has 0 atom stereocenters. The van der Waals surface area contributed by atoms with Gasteiger partial charge in [0.2, 0.25) is 0 Å². The number of pyridine rings is 2. The summed E-state index contributed by atoms with van der Waals surface area (Å²) in [7, 11) is 0. The maximum absolute atomic E-state index is 11.2. The van der Waals surface area contributed by atoms with Crippen LogP contribution in [0.3, 0.4) is 0 Å². The van der Waals surface area contributed by atoms with Gasteiger partial charge < -0.3 is 20.1 Å². The summed E-state index contributed by atoms with van der Waals surface area (Å²) in [5.41, 5.74) is 2.00. The molecule has 1 amide bonds. The van der Waals surface area contributed by atoms with Gasteiger partial charge in [-0.05, 0) is 54.8 Å². The average molecular weight is 576 g/mol. The summed E-state index contributed by atoms with van der Waals surface area (Å²) < 4.78 is 7.42. The van der Waals surface area contributed by atoms with Gasteiger partial charge in [-0.2, -0.15) is 0 Å². The molecule has 1 aliphatic heterocycles. The molecule has 4 aromatic heterocycles. The van der Waals surface area contributed by atoms with Crippen LogP contribution in [0.15, 0.2) is 81.5 Å². The zero-order chi connectivity index (χ0) is 26.6. The van der Waals surface area contributed by atoms with Crippen molar-refractivity contribution < 1.29 is 14.6 Å². The van der Waals surface area contributed by atoms with Gasteiger partial charge in [-0.1, -0.05) is 30.0 Å². The van der Waals surface area contributed by atoms with Crippen LogP contribution in [0.5, 0.6) is 11.5 Å². The van der Waals surface area contributed by atoms with Gasteiger partial charge in [-0.25, -0.2) is 14.8 Å². The third-order valence-corrected chi connectivity index (χ3v) is 9.39. The molecule has 0 bridgehead atoms. The van der Waals surface area contributed by atoms with E-state index in [9.17, 15) is 9.90 Å². The number of fused-ring (bicyclic) bond motifs is 1. The number of carbonyl (C=O) groups is 1. The van der Waals surface area contributed by atoms with Crippen molar-refractivity contribution in [1.29, 1.82) is 0 Å². The molecule has 11 heteroatoms. The van der Waals surface area contributed by atoms with Crippen molar-refractivity contribution in [1.82, 2.24) is 19.9 Å². The molecule has 1 saturated heterocycles. The average Bonchev–Trinajstić information content (AvgIpc) is 3.61. The second-order valence-electron chi connectivity index (χ2n) is 9.17. The van der Waals surface area contributed by atoms with Gasteiger partial charge in [0.05, 0.1) is 15.9 Å². The first kappa shape index (κ1) is 25.6. The van der Waals surface area contributed by atoms with E-state index in [-0.39, 0.29) is 0 Å². The Labute approximate surface area is 237 Å². The van der Waals surface area contributed by atoms with E-state index in [0.717, 1.165) is 55.8 Å². The Balaban J connectivity index is 1.20. The Hall–Kier alpha value is -3.67. The molecule has 1 aromatic carbocycles. The summed E-state index contributed by atoms with van der Waals surface area (Å²) in [5, 5.41) is 17.4. The third-order valence-electron chi connectivity index (χ3n) is 6.49. The van der Waals surface area contributed by atoms with E-state index in [0.29, 0.717) is 30.6 Å². The van der Waals surface area contributed by atoms with Gasteiger partial charge in [-0.3, -0.25) is 4.98 Å². The lowest BCUT2D eigenvalue weighted by Gasteiger charge is -2.29. The largest absolute Gasteiger partial charge is 0.465 e. The number of para-hydroxylation sites is 1. The van der Waals surface area contributed by atoms with E-state index in [1.54, 1.807) is 23.1 Å². The number of ether oxygens (including phenoxy) is 1. The quantitative estimate of drug-likeness (QED) is 0.194. The summed E-state index contributed by atoms with van der Waals surface area (Å²) in [4.78, 5) is 28.7. The third kappa shape index (κ3) is 6.16. The van der Waals surface area contributed by atoms with Gasteiger partial charge in [0, 0.05) is 46.7 Å². The fourth-order valence-electron chi connectivity index (χ4n) is 4.51. The molecule has 0 saturated carbocycles. The summed E-state index contributed by atoms with van der Waals surface area (Å²) >= 11 is 4.84. The van der Waals surface area contributed by atoms with Crippen molar-refractivity contribution >= 4 is 61.7 Å².